The maximum absolute atomic E-state index is 12.8. The van der Waals surface area contributed by atoms with Gasteiger partial charge in [0, 0.05) is 11.1 Å². The highest BCUT2D eigenvalue weighted by Crippen LogP contribution is 2.25. The Kier molecular flexibility index (Phi) is 6.36. The minimum Gasteiger partial charge on any atom is -0.481 e. The van der Waals surface area contributed by atoms with Crippen LogP contribution in [0.5, 0.6) is 5.75 Å². The van der Waals surface area contributed by atoms with Crippen LogP contribution in [0.2, 0.25) is 0 Å². The van der Waals surface area contributed by atoms with Gasteiger partial charge in [-0.15, -0.1) is 0 Å². The van der Waals surface area contributed by atoms with E-state index in [1.807, 2.05) is 42.5 Å². The number of ether oxygens (including phenoxy) is 1. The number of rotatable bonds is 6. The highest BCUT2D eigenvalue weighted by atomic mass is 16.5. The Morgan fingerprint density at radius 1 is 0.833 bits per heavy atom. The molecule has 1 N–H and O–H groups in total. The van der Waals surface area contributed by atoms with Crippen molar-refractivity contribution in [2.24, 2.45) is 0 Å². The van der Waals surface area contributed by atoms with Crippen LogP contribution in [0.1, 0.15) is 49.2 Å². The van der Waals surface area contributed by atoms with Crippen LogP contribution in [0.4, 0.5) is 5.69 Å². The average Bonchev–Trinajstić information content (AvgIpc) is 2.74. The molecule has 0 fully saturated rings. The summed E-state index contributed by atoms with van der Waals surface area (Å²) in [7, 11) is 0. The van der Waals surface area contributed by atoms with Gasteiger partial charge in [-0.05, 0) is 42.2 Å². The van der Waals surface area contributed by atoms with Crippen LogP contribution in [0.15, 0.2) is 78.9 Å². The molecule has 0 aliphatic carbocycles. The molecular weight excluding hydrogens is 374 g/mol. The summed E-state index contributed by atoms with van der Waals surface area (Å²) in [6.07, 6.45) is -0.717. The lowest BCUT2D eigenvalue weighted by molar-refractivity contribution is -0.122. The quantitative estimate of drug-likeness (QED) is 0.545. The molecule has 1 amide bonds. The van der Waals surface area contributed by atoms with Gasteiger partial charge in [-0.1, -0.05) is 75.4 Å². The molecule has 0 aromatic heterocycles. The fraction of sp³-hybridized carbons (Fsp3) is 0.231. The van der Waals surface area contributed by atoms with Crippen LogP contribution in [-0.4, -0.2) is 17.8 Å². The number of hydrogen-bond donors (Lipinski definition) is 1. The molecule has 0 unspecified atom stereocenters. The zero-order chi connectivity index (χ0) is 21.7. The maximum Gasteiger partial charge on any atom is 0.265 e. The molecule has 154 valence electrons. The molecule has 0 bridgehead atoms. The molecule has 1 atom stereocenters. The van der Waals surface area contributed by atoms with Crippen molar-refractivity contribution in [3.8, 4) is 5.75 Å². The largest absolute Gasteiger partial charge is 0.481 e. The van der Waals surface area contributed by atoms with E-state index in [2.05, 4.69) is 26.1 Å². The monoisotopic (exact) mass is 401 g/mol. The number of ketones is 1. The van der Waals surface area contributed by atoms with E-state index in [-0.39, 0.29) is 17.1 Å². The van der Waals surface area contributed by atoms with E-state index < -0.39 is 6.10 Å². The second kappa shape index (κ2) is 8.95. The maximum atomic E-state index is 12.8. The van der Waals surface area contributed by atoms with Crippen molar-refractivity contribution >= 4 is 17.4 Å². The number of nitrogens with one attached hydrogen (secondary N) is 1. The minimum atomic E-state index is -0.717. The summed E-state index contributed by atoms with van der Waals surface area (Å²) in [5.41, 5.74) is 2.73. The number of para-hydroxylation sites is 1. The van der Waals surface area contributed by atoms with Crippen LogP contribution >= 0.6 is 0 Å². The summed E-state index contributed by atoms with van der Waals surface area (Å²) in [6.45, 7) is 8.13. The summed E-state index contributed by atoms with van der Waals surface area (Å²) in [5, 5.41) is 2.83. The smallest absolute Gasteiger partial charge is 0.265 e. The number of benzene rings is 3. The predicted octanol–water partition coefficient (Wildman–Crippen LogP) is 5.62. The molecule has 4 nitrogen and oxygen atoms in total. The van der Waals surface area contributed by atoms with Crippen molar-refractivity contribution in [3.05, 3.63) is 95.6 Å². The van der Waals surface area contributed by atoms with Crippen LogP contribution in [0.3, 0.4) is 0 Å². The molecule has 3 aromatic rings. The lowest BCUT2D eigenvalue weighted by atomic mass is 9.87. The van der Waals surface area contributed by atoms with Crippen LogP contribution in [0, 0.1) is 0 Å². The third-order valence-electron chi connectivity index (χ3n) is 4.87. The van der Waals surface area contributed by atoms with E-state index in [1.165, 1.54) is 5.56 Å². The van der Waals surface area contributed by atoms with E-state index >= 15 is 0 Å². The van der Waals surface area contributed by atoms with Crippen LogP contribution < -0.4 is 10.1 Å². The summed E-state index contributed by atoms with van der Waals surface area (Å²) < 4.78 is 5.80. The van der Waals surface area contributed by atoms with Gasteiger partial charge in [0.2, 0.25) is 0 Å². The molecular formula is C26H27NO3. The van der Waals surface area contributed by atoms with E-state index in [9.17, 15) is 9.59 Å². The molecule has 0 radical (unpaired) electrons. The van der Waals surface area contributed by atoms with Crippen LogP contribution in [0.25, 0.3) is 0 Å². The molecule has 0 spiro atoms. The Morgan fingerprint density at radius 3 is 2.07 bits per heavy atom. The Labute approximate surface area is 177 Å². The second-order valence-corrected chi connectivity index (χ2v) is 8.26. The lowest BCUT2D eigenvalue weighted by Crippen LogP contribution is -2.30. The first kappa shape index (κ1) is 21.3. The summed E-state index contributed by atoms with van der Waals surface area (Å²) >= 11 is 0. The summed E-state index contributed by atoms with van der Waals surface area (Å²) in [4.78, 5) is 25.5. The molecule has 3 aromatic carbocycles. The lowest BCUT2D eigenvalue weighted by Gasteiger charge is -2.20. The van der Waals surface area contributed by atoms with E-state index in [0.29, 0.717) is 22.6 Å². The molecule has 0 aliphatic heterocycles. The van der Waals surface area contributed by atoms with E-state index in [1.54, 1.807) is 43.3 Å². The SMILES string of the molecule is C[C@H](Oc1ccc(C(C)(C)C)cc1)C(=O)Nc1ccccc1C(=O)c1ccccc1. The number of carbonyl (C=O) groups excluding carboxylic acids is 2. The average molecular weight is 402 g/mol. The zero-order valence-corrected chi connectivity index (χ0v) is 17.8. The summed E-state index contributed by atoms with van der Waals surface area (Å²) in [5.74, 6) is 0.167. The predicted molar refractivity (Wildman–Crippen MR) is 120 cm³/mol. The number of amides is 1. The third kappa shape index (κ3) is 5.15. The fourth-order valence-corrected chi connectivity index (χ4v) is 3.06. The molecule has 4 heteroatoms. The van der Waals surface area contributed by atoms with Gasteiger partial charge >= 0.3 is 0 Å². The normalized spacial score (nSPS) is 12.1. The summed E-state index contributed by atoms with van der Waals surface area (Å²) in [6, 6.07) is 23.8. The van der Waals surface area contributed by atoms with Gasteiger partial charge in [0.05, 0.1) is 5.69 Å². The first-order chi connectivity index (χ1) is 14.3. The number of carbonyl (C=O) groups is 2. The third-order valence-corrected chi connectivity index (χ3v) is 4.87. The van der Waals surface area contributed by atoms with Gasteiger partial charge in [-0.25, -0.2) is 0 Å². The van der Waals surface area contributed by atoms with Gasteiger partial charge in [0.15, 0.2) is 11.9 Å². The second-order valence-electron chi connectivity index (χ2n) is 8.26. The first-order valence-electron chi connectivity index (χ1n) is 10.0. The Hall–Kier alpha value is -3.40. The Balaban J connectivity index is 1.71. The number of anilines is 1. The first-order valence-corrected chi connectivity index (χ1v) is 10.0. The van der Waals surface area contributed by atoms with E-state index in [0.717, 1.165) is 0 Å². The van der Waals surface area contributed by atoms with Crippen molar-refractivity contribution in [2.45, 2.75) is 39.2 Å². The van der Waals surface area contributed by atoms with Gasteiger partial charge in [-0.3, -0.25) is 9.59 Å². The Morgan fingerprint density at radius 2 is 1.43 bits per heavy atom. The highest BCUT2D eigenvalue weighted by molar-refractivity contribution is 6.14. The standard InChI is InChI=1S/C26H27NO3/c1-18(30-21-16-14-20(15-17-21)26(2,3)4)25(29)27-23-13-9-8-12-22(23)24(28)19-10-6-5-7-11-19/h5-18H,1-4H3,(H,27,29)/t18-/m0/s1. The van der Waals surface area contributed by atoms with Gasteiger partial charge in [-0.2, -0.15) is 0 Å². The van der Waals surface area contributed by atoms with E-state index in [4.69, 9.17) is 4.74 Å². The molecule has 30 heavy (non-hydrogen) atoms. The van der Waals surface area contributed by atoms with Crippen molar-refractivity contribution in [2.75, 3.05) is 5.32 Å². The molecule has 0 aliphatic rings. The van der Waals surface area contributed by atoms with Gasteiger partial charge in [0.25, 0.3) is 5.91 Å². The topological polar surface area (TPSA) is 55.4 Å². The number of hydrogen-bond acceptors (Lipinski definition) is 3. The molecule has 0 saturated heterocycles. The van der Waals surface area contributed by atoms with Crippen LogP contribution in [-0.2, 0) is 10.2 Å². The highest BCUT2D eigenvalue weighted by Gasteiger charge is 2.20. The van der Waals surface area contributed by atoms with Gasteiger partial charge in [0.1, 0.15) is 5.75 Å². The molecule has 0 heterocycles. The van der Waals surface area contributed by atoms with Crippen molar-refractivity contribution in [1.29, 1.82) is 0 Å². The molecule has 3 rings (SSSR count). The molecule has 0 saturated carbocycles. The van der Waals surface area contributed by atoms with Crippen molar-refractivity contribution in [1.82, 2.24) is 0 Å². The van der Waals surface area contributed by atoms with Crippen molar-refractivity contribution < 1.29 is 14.3 Å². The van der Waals surface area contributed by atoms with Crippen molar-refractivity contribution in [3.63, 3.8) is 0 Å². The zero-order valence-electron chi connectivity index (χ0n) is 17.8. The Bertz CT molecular complexity index is 1020. The minimum absolute atomic E-state index is 0.0521. The van der Waals surface area contributed by atoms with Gasteiger partial charge < -0.3 is 10.1 Å². The fourth-order valence-electron chi connectivity index (χ4n) is 3.06.